The van der Waals surface area contributed by atoms with Gasteiger partial charge in [-0.15, -0.1) is 0 Å². The van der Waals surface area contributed by atoms with Gasteiger partial charge in [-0.1, -0.05) is 36.4 Å². The van der Waals surface area contributed by atoms with E-state index in [1.54, 1.807) is 27.2 Å². The monoisotopic (exact) mass is 380 g/mol. The molecule has 0 spiro atoms. The van der Waals surface area contributed by atoms with Crippen molar-refractivity contribution in [1.82, 2.24) is 0 Å². The number of hydrogen-bond donors (Lipinski definition) is 0. The SMILES string of the molecule is CCOC(=O)[C@H]1C(=O)C=C(c2ccccc2OC)C[C@@H]1c1ccccc1OC. The van der Waals surface area contributed by atoms with Crippen LogP contribution in [0.2, 0.25) is 0 Å². The van der Waals surface area contributed by atoms with E-state index in [2.05, 4.69) is 0 Å². The molecule has 1 aliphatic rings. The number of methoxy groups -OCH3 is 2. The Morgan fingerprint density at radius 2 is 1.64 bits per heavy atom. The van der Waals surface area contributed by atoms with E-state index in [0.717, 1.165) is 16.7 Å². The Morgan fingerprint density at radius 3 is 2.32 bits per heavy atom. The molecule has 0 aromatic heterocycles. The molecular formula is C23H24O5. The van der Waals surface area contributed by atoms with E-state index in [1.807, 2.05) is 48.5 Å². The molecule has 146 valence electrons. The largest absolute Gasteiger partial charge is 0.496 e. The van der Waals surface area contributed by atoms with Crippen molar-refractivity contribution in [2.45, 2.75) is 19.3 Å². The second-order valence-electron chi connectivity index (χ2n) is 6.55. The van der Waals surface area contributed by atoms with Crippen LogP contribution < -0.4 is 9.47 Å². The zero-order valence-corrected chi connectivity index (χ0v) is 16.3. The molecule has 5 nitrogen and oxygen atoms in total. The number of carbonyl (C=O) groups excluding carboxylic acids is 2. The highest BCUT2D eigenvalue weighted by Crippen LogP contribution is 2.44. The standard InChI is InChI=1S/C23H24O5/c1-4-28-23(25)22-18(17-10-6-8-12-21(17)27-3)13-15(14-19(22)24)16-9-5-7-11-20(16)26-2/h5-12,14,18,22H,4,13H2,1-3H3/t18-,22-/m1/s1. The summed E-state index contributed by atoms with van der Waals surface area (Å²) >= 11 is 0. The topological polar surface area (TPSA) is 61.8 Å². The van der Waals surface area contributed by atoms with Crippen molar-refractivity contribution in [3.05, 3.63) is 65.7 Å². The van der Waals surface area contributed by atoms with Gasteiger partial charge in [0.25, 0.3) is 0 Å². The van der Waals surface area contributed by atoms with Crippen molar-refractivity contribution >= 4 is 17.3 Å². The number of hydrogen-bond acceptors (Lipinski definition) is 5. The van der Waals surface area contributed by atoms with Gasteiger partial charge >= 0.3 is 5.97 Å². The summed E-state index contributed by atoms with van der Waals surface area (Å²) in [5.41, 5.74) is 2.50. The molecule has 0 radical (unpaired) electrons. The van der Waals surface area contributed by atoms with Gasteiger partial charge in [0, 0.05) is 11.5 Å². The van der Waals surface area contributed by atoms with Crippen LogP contribution in [0.3, 0.4) is 0 Å². The van der Waals surface area contributed by atoms with Crippen LogP contribution in [0.4, 0.5) is 0 Å². The minimum Gasteiger partial charge on any atom is -0.496 e. The summed E-state index contributed by atoms with van der Waals surface area (Å²) in [4.78, 5) is 25.6. The lowest BCUT2D eigenvalue weighted by atomic mass is 9.73. The molecule has 3 rings (SSSR count). The van der Waals surface area contributed by atoms with Crippen LogP contribution in [0.1, 0.15) is 30.4 Å². The lowest BCUT2D eigenvalue weighted by molar-refractivity contribution is -0.151. The quantitative estimate of drug-likeness (QED) is 0.559. The van der Waals surface area contributed by atoms with E-state index in [9.17, 15) is 9.59 Å². The molecule has 0 bridgehead atoms. The Labute approximate surface area is 164 Å². The molecule has 2 aromatic carbocycles. The lowest BCUT2D eigenvalue weighted by Crippen LogP contribution is -2.34. The highest BCUT2D eigenvalue weighted by atomic mass is 16.5. The number of para-hydroxylation sites is 2. The van der Waals surface area contributed by atoms with Gasteiger partial charge in [-0.2, -0.15) is 0 Å². The van der Waals surface area contributed by atoms with Gasteiger partial charge < -0.3 is 14.2 Å². The fraction of sp³-hybridized carbons (Fsp3) is 0.304. The third kappa shape index (κ3) is 3.79. The van der Waals surface area contributed by atoms with Gasteiger partial charge in [0.05, 0.1) is 20.8 Å². The van der Waals surface area contributed by atoms with E-state index in [-0.39, 0.29) is 18.3 Å². The molecule has 0 aliphatic heterocycles. The zero-order chi connectivity index (χ0) is 20.1. The molecule has 0 amide bonds. The Balaban J connectivity index is 2.10. The number of ketones is 1. The first-order valence-electron chi connectivity index (χ1n) is 9.28. The van der Waals surface area contributed by atoms with Gasteiger partial charge in [-0.25, -0.2) is 0 Å². The van der Waals surface area contributed by atoms with E-state index in [4.69, 9.17) is 14.2 Å². The average Bonchev–Trinajstić information content (AvgIpc) is 2.73. The fourth-order valence-electron chi connectivity index (χ4n) is 3.75. The van der Waals surface area contributed by atoms with Crippen LogP contribution in [0.5, 0.6) is 11.5 Å². The summed E-state index contributed by atoms with van der Waals surface area (Å²) < 4.78 is 16.2. The Hall–Kier alpha value is -3.08. The molecule has 0 saturated carbocycles. The van der Waals surface area contributed by atoms with E-state index in [0.29, 0.717) is 17.9 Å². The minimum absolute atomic E-state index is 0.227. The number of carbonyl (C=O) groups is 2. The third-order valence-electron chi connectivity index (χ3n) is 5.00. The maximum absolute atomic E-state index is 13.0. The number of benzene rings is 2. The maximum Gasteiger partial charge on any atom is 0.317 e. The molecule has 1 aliphatic carbocycles. The first-order valence-corrected chi connectivity index (χ1v) is 9.28. The van der Waals surface area contributed by atoms with Crippen LogP contribution in [-0.4, -0.2) is 32.6 Å². The molecule has 2 atom stereocenters. The van der Waals surface area contributed by atoms with Crippen molar-refractivity contribution in [1.29, 1.82) is 0 Å². The molecule has 5 heteroatoms. The summed E-state index contributed by atoms with van der Waals surface area (Å²) in [6.45, 7) is 1.96. The lowest BCUT2D eigenvalue weighted by Gasteiger charge is -2.30. The zero-order valence-electron chi connectivity index (χ0n) is 16.3. The van der Waals surface area contributed by atoms with Crippen LogP contribution >= 0.6 is 0 Å². The predicted octanol–water partition coefficient (Wildman–Crippen LogP) is 4.02. The van der Waals surface area contributed by atoms with Crippen LogP contribution in [0.15, 0.2) is 54.6 Å². The molecule has 2 aromatic rings. The summed E-state index contributed by atoms with van der Waals surface area (Å²) in [5.74, 6) is -0.701. The van der Waals surface area contributed by atoms with Crippen LogP contribution in [-0.2, 0) is 14.3 Å². The van der Waals surface area contributed by atoms with Crippen molar-refractivity contribution < 1.29 is 23.8 Å². The Kier molecular flexibility index (Phi) is 6.14. The van der Waals surface area contributed by atoms with Crippen LogP contribution in [0.25, 0.3) is 5.57 Å². The molecular weight excluding hydrogens is 356 g/mol. The van der Waals surface area contributed by atoms with E-state index >= 15 is 0 Å². The minimum atomic E-state index is -0.894. The number of allylic oxidation sites excluding steroid dienone is 2. The van der Waals surface area contributed by atoms with Gasteiger partial charge in [0.1, 0.15) is 17.4 Å². The smallest absolute Gasteiger partial charge is 0.317 e. The van der Waals surface area contributed by atoms with Gasteiger partial charge in [-0.3, -0.25) is 9.59 Å². The molecule has 0 N–H and O–H groups in total. The Bertz CT molecular complexity index is 899. The summed E-state index contributed by atoms with van der Waals surface area (Å²) in [7, 11) is 3.18. The second kappa shape index (κ2) is 8.74. The molecule has 0 heterocycles. The molecule has 0 saturated heterocycles. The van der Waals surface area contributed by atoms with Gasteiger partial charge in [-0.05, 0) is 42.7 Å². The van der Waals surface area contributed by atoms with E-state index in [1.165, 1.54) is 0 Å². The van der Waals surface area contributed by atoms with Gasteiger partial charge in [0.15, 0.2) is 5.78 Å². The van der Waals surface area contributed by atoms with Crippen molar-refractivity contribution in [3.63, 3.8) is 0 Å². The number of ether oxygens (including phenoxy) is 3. The molecule has 0 unspecified atom stereocenters. The van der Waals surface area contributed by atoms with Crippen molar-refractivity contribution in [2.75, 3.05) is 20.8 Å². The second-order valence-corrected chi connectivity index (χ2v) is 6.55. The predicted molar refractivity (Wildman–Crippen MR) is 106 cm³/mol. The van der Waals surface area contributed by atoms with Crippen molar-refractivity contribution in [2.24, 2.45) is 5.92 Å². The highest BCUT2D eigenvalue weighted by molar-refractivity contribution is 6.11. The van der Waals surface area contributed by atoms with Gasteiger partial charge in [0.2, 0.25) is 0 Å². The average molecular weight is 380 g/mol. The Morgan fingerprint density at radius 1 is 1.00 bits per heavy atom. The maximum atomic E-state index is 13.0. The molecule has 28 heavy (non-hydrogen) atoms. The summed E-state index contributed by atoms with van der Waals surface area (Å²) in [5, 5.41) is 0. The third-order valence-corrected chi connectivity index (χ3v) is 5.00. The fourth-order valence-corrected chi connectivity index (χ4v) is 3.75. The highest BCUT2D eigenvalue weighted by Gasteiger charge is 2.41. The van der Waals surface area contributed by atoms with Crippen LogP contribution in [0, 0.1) is 5.92 Å². The number of rotatable bonds is 6. The summed E-state index contributed by atoms with van der Waals surface area (Å²) in [6.07, 6.45) is 2.04. The number of esters is 1. The normalized spacial score (nSPS) is 19.0. The first kappa shape index (κ1) is 19.7. The van der Waals surface area contributed by atoms with E-state index < -0.39 is 11.9 Å². The molecule has 0 fully saturated rings. The van der Waals surface area contributed by atoms with Crippen molar-refractivity contribution in [3.8, 4) is 11.5 Å². The summed E-state index contributed by atoms with van der Waals surface area (Å²) in [6, 6.07) is 15.0. The first-order chi connectivity index (χ1) is 13.6.